The van der Waals surface area contributed by atoms with E-state index in [1.54, 1.807) is 24.3 Å². The van der Waals surface area contributed by atoms with Crippen LogP contribution in [0.15, 0.2) is 24.3 Å². The molecule has 0 saturated heterocycles. The van der Waals surface area contributed by atoms with Crippen LogP contribution in [0.2, 0.25) is 5.02 Å². The van der Waals surface area contributed by atoms with E-state index in [0.717, 1.165) is 0 Å². The lowest BCUT2D eigenvalue weighted by atomic mass is 10.3. The fourth-order valence-electron chi connectivity index (χ4n) is 0.930. The van der Waals surface area contributed by atoms with E-state index in [9.17, 15) is 9.59 Å². The fraction of sp³-hybridized carbons (Fsp3) is 0.200. The van der Waals surface area contributed by atoms with Gasteiger partial charge in [0.1, 0.15) is 5.75 Å². The first-order valence-electron chi connectivity index (χ1n) is 4.52. The van der Waals surface area contributed by atoms with Gasteiger partial charge in [-0.3, -0.25) is 10.1 Å². The Bertz CT molecular complexity index is 395. The molecule has 1 rings (SSSR count). The Kier molecular flexibility index (Phi) is 4.60. The maximum atomic E-state index is 11.2. The van der Waals surface area contributed by atoms with Gasteiger partial charge < -0.3 is 10.1 Å². The molecular weight excluding hydrogens is 232 g/mol. The maximum absolute atomic E-state index is 11.2. The highest BCUT2D eigenvalue weighted by molar-refractivity contribution is 6.32. The average molecular weight is 243 g/mol. The number of imide groups is 1. The van der Waals surface area contributed by atoms with Gasteiger partial charge >= 0.3 is 6.03 Å². The van der Waals surface area contributed by atoms with Crippen LogP contribution in [0.1, 0.15) is 0 Å². The lowest BCUT2D eigenvalue weighted by molar-refractivity contribution is -0.121. The molecular formula is C10H11ClN2O3. The number of halogens is 1. The zero-order valence-corrected chi connectivity index (χ0v) is 9.38. The molecule has 0 heterocycles. The van der Waals surface area contributed by atoms with Gasteiger partial charge in [-0.15, -0.1) is 0 Å². The van der Waals surface area contributed by atoms with Crippen molar-refractivity contribution in [2.45, 2.75) is 0 Å². The van der Waals surface area contributed by atoms with Gasteiger partial charge in [0, 0.05) is 7.05 Å². The molecule has 0 saturated carbocycles. The molecule has 6 heteroatoms. The van der Waals surface area contributed by atoms with E-state index in [2.05, 4.69) is 10.6 Å². The molecule has 0 atom stereocenters. The third kappa shape index (κ3) is 3.78. The predicted molar refractivity (Wildman–Crippen MR) is 59.5 cm³/mol. The van der Waals surface area contributed by atoms with E-state index in [1.807, 2.05) is 0 Å². The predicted octanol–water partition coefficient (Wildman–Crippen LogP) is 1.17. The number of carbonyl (C=O) groups is 2. The van der Waals surface area contributed by atoms with Gasteiger partial charge in [0.15, 0.2) is 6.61 Å². The van der Waals surface area contributed by atoms with Crippen LogP contribution in [0.4, 0.5) is 4.79 Å². The van der Waals surface area contributed by atoms with E-state index < -0.39 is 11.9 Å². The Morgan fingerprint density at radius 3 is 2.69 bits per heavy atom. The van der Waals surface area contributed by atoms with Crippen LogP contribution in [0.5, 0.6) is 5.75 Å². The number of carbonyl (C=O) groups excluding carboxylic acids is 2. The van der Waals surface area contributed by atoms with Crippen molar-refractivity contribution in [2.24, 2.45) is 0 Å². The van der Waals surface area contributed by atoms with Gasteiger partial charge in [0.2, 0.25) is 0 Å². The standard InChI is InChI=1S/C10H11ClN2O3/c1-12-10(15)13-9(14)6-16-8-5-3-2-4-7(8)11/h2-5H,6H2,1H3,(H2,12,13,14,15). The minimum Gasteiger partial charge on any atom is -0.482 e. The molecule has 0 aliphatic carbocycles. The monoisotopic (exact) mass is 242 g/mol. The summed E-state index contributed by atoms with van der Waals surface area (Å²) in [6.07, 6.45) is 0. The van der Waals surface area contributed by atoms with E-state index in [0.29, 0.717) is 10.8 Å². The van der Waals surface area contributed by atoms with E-state index in [1.165, 1.54) is 7.05 Å². The summed E-state index contributed by atoms with van der Waals surface area (Å²) in [6.45, 7) is -0.267. The molecule has 0 unspecified atom stereocenters. The SMILES string of the molecule is CNC(=O)NC(=O)COc1ccccc1Cl. The summed E-state index contributed by atoms with van der Waals surface area (Å²) in [5, 5.41) is 4.73. The average Bonchev–Trinajstić information content (AvgIpc) is 2.28. The van der Waals surface area contributed by atoms with Crippen molar-refractivity contribution in [3.8, 4) is 5.75 Å². The van der Waals surface area contributed by atoms with Gasteiger partial charge in [-0.2, -0.15) is 0 Å². The number of para-hydroxylation sites is 1. The van der Waals surface area contributed by atoms with Crippen LogP contribution in [0.3, 0.4) is 0 Å². The van der Waals surface area contributed by atoms with Gasteiger partial charge in [-0.1, -0.05) is 23.7 Å². The molecule has 0 aromatic heterocycles. The van der Waals surface area contributed by atoms with Crippen molar-refractivity contribution in [1.82, 2.24) is 10.6 Å². The molecule has 1 aromatic carbocycles. The summed E-state index contributed by atoms with van der Waals surface area (Å²) in [6, 6.07) is 6.19. The van der Waals surface area contributed by atoms with E-state index in [4.69, 9.17) is 16.3 Å². The Hall–Kier alpha value is -1.75. The Morgan fingerprint density at radius 2 is 2.06 bits per heavy atom. The number of amides is 3. The Morgan fingerprint density at radius 1 is 1.38 bits per heavy atom. The highest BCUT2D eigenvalue weighted by Gasteiger charge is 2.07. The van der Waals surface area contributed by atoms with Crippen LogP contribution >= 0.6 is 11.6 Å². The van der Waals surface area contributed by atoms with Crippen LogP contribution in [0, 0.1) is 0 Å². The van der Waals surface area contributed by atoms with Crippen molar-refractivity contribution >= 4 is 23.5 Å². The maximum Gasteiger partial charge on any atom is 0.321 e. The number of hydrogen-bond donors (Lipinski definition) is 2. The fourth-order valence-corrected chi connectivity index (χ4v) is 1.12. The van der Waals surface area contributed by atoms with Crippen molar-refractivity contribution in [3.05, 3.63) is 29.3 Å². The van der Waals surface area contributed by atoms with Crippen LogP contribution in [-0.4, -0.2) is 25.6 Å². The van der Waals surface area contributed by atoms with E-state index >= 15 is 0 Å². The molecule has 0 aliphatic rings. The van der Waals surface area contributed by atoms with Crippen LogP contribution in [-0.2, 0) is 4.79 Å². The molecule has 0 aliphatic heterocycles. The van der Waals surface area contributed by atoms with E-state index in [-0.39, 0.29) is 6.61 Å². The number of ether oxygens (including phenoxy) is 1. The summed E-state index contributed by atoms with van der Waals surface area (Å²) >= 11 is 5.80. The second-order valence-corrected chi connectivity index (χ2v) is 3.25. The van der Waals surface area contributed by atoms with Crippen molar-refractivity contribution < 1.29 is 14.3 Å². The van der Waals surface area contributed by atoms with Crippen molar-refractivity contribution in [2.75, 3.05) is 13.7 Å². The van der Waals surface area contributed by atoms with Crippen LogP contribution in [0.25, 0.3) is 0 Å². The highest BCUT2D eigenvalue weighted by Crippen LogP contribution is 2.22. The summed E-state index contributed by atoms with van der Waals surface area (Å²) in [5.74, 6) is -0.143. The molecule has 86 valence electrons. The topological polar surface area (TPSA) is 67.4 Å². The largest absolute Gasteiger partial charge is 0.482 e. The first-order valence-corrected chi connectivity index (χ1v) is 4.90. The smallest absolute Gasteiger partial charge is 0.321 e. The molecule has 3 amide bonds. The van der Waals surface area contributed by atoms with Crippen LogP contribution < -0.4 is 15.4 Å². The molecule has 5 nitrogen and oxygen atoms in total. The lowest BCUT2D eigenvalue weighted by Gasteiger charge is -2.07. The molecule has 16 heavy (non-hydrogen) atoms. The van der Waals surface area contributed by atoms with Crippen molar-refractivity contribution in [1.29, 1.82) is 0 Å². The van der Waals surface area contributed by atoms with Crippen molar-refractivity contribution in [3.63, 3.8) is 0 Å². The first kappa shape index (κ1) is 12.3. The first-order chi connectivity index (χ1) is 7.63. The molecule has 0 radical (unpaired) electrons. The zero-order valence-electron chi connectivity index (χ0n) is 8.62. The molecule has 0 bridgehead atoms. The molecule has 2 N–H and O–H groups in total. The minimum atomic E-state index is -0.576. The van der Waals surface area contributed by atoms with Gasteiger partial charge in [0.25, 0.3) is 5.91 Å². The number of hydrogen-bond acceptors (Lipinski definition) is 3. The summed E-state index contributed by atoms with van der Waals surface area (Å²) in [5.41, 5.74) is 0. The Labute approximate surface area is 97.7 Å². The Balaban J connectivity index is 2.43. The van der Waals surface area contributed by atoms with Gasteiger partial charge in [-0.05, 0) is 12.1 Å². The molecule has 0 fully saturated rings. The van der Waals surface area contributed by atoms with Gasteiger partial charge in [-0.25, -0.2) is 4.79 Å². The zero-order chi connectivity index (χ0) is 12.0. The normalized spacial score (nSPS) is 9.38. The quantitative estimate of drug-likeness (QED) is 0.836. The number of benzene rings is 1. The molecule has 1 aromatic rings. The third-order valence-electron chi connectivity index (χ3n) is 1.68. The third-order valence-corrected chi connectivity index (χ3v) is 1.99. The molecule has 0 spiro atoms. The summed E-state index contributed by atoms with van der Waals surface area (Å²) < 4.78 is 5.12. The lowest BCUT2D eigenvalue weighted by Crippen LogP contribution is -2.39. The second-order valence-electron chi connectivity index (χ2n) is 2.85. The number of nitrogens with one attached hydrogen (secondary N) is 2. The number of urea groups is 1. The highest BCUT2D eigenvalue weighted by atomic mass is 35.5. The summed E-state index contributed by atoms with van der Waals surface area (Å²) in [7, 11) is 1.41. The van der Waals surface area contributed by atoms with Gasteiger partial charge in [0.05, 0.1) is 5.02 Å². The minimum absolute atomic E-state index is 0.267. The second kappa shape index (κ2) is 5.97. The number of rotatable bonds is 3. The summed E-state index contributed by atoms with van der Waals surface area (Å²) in [4.78, 5) is 21.9.